The number of hydrogen-bond donors (Lipinski definition) is 1. The molecule has 19 heavy (non-hydrogen) atoms. The van der Waals surface area contributed by atoms with Crippen LogP contribution in [-0.4, -0.2) is 14.2 Å². The zero-order valence-electron chi connectivity index (χ0n) is 10.9. The highest BCUT2D eigenvalue weighted by molar-refractivity contribution is 7.99. The van der Waals surface area contributed by atoms with Gasteiger partial charge in [0.05, 0.1) is 14.2 Å². The minimum Gasteiger partial charge on any atom is -0.493 e. The summed E-state index contributed by atoms with van der Waals surface area (Å²) in [5.41, 5.74) is 2.39. The molecule has 1 aliphatic heterocycles. The number of benzene rings is 2. The summed E-state index contributed by atoms with van der Waals surface area (Å²) in [6.45, 7) is 0.791. The van der Waals surface area contributed by atoms with Gasteiger partial charge in [-0.3, -0.25) is 0 Å². The van der Waals surface area contributed by atoms with Gasteiger partial charge in [0.2, 0.25) is 0 Å². The third-order valence-corrected chi connectivity index (χ3v) is 4.32. The van der Waals surface area contributed by atoms with E-state index in [0.717, 1.165) is 18.0 Å². The van der Waals surface area contributed by atoms with E-state index in [9.17, 15) is 0 Å². The summed E-state index contributed by atoms with van der Waals surface area (Å²) in [5, 5.41) is 3.45. The van der Waals surface area contributed by atoms with Crippen molar-refractivity contribution in [3.05, 3.63) is 42.0 Å². The van der Waals surface area contributed by atoms with E-state index >= 15 is 0 Å². The number of hydrogen-bond acceptors (Lipinski definition) is 4. The molecule has 98 valence electrons. The number of rotatable bonds is 2. The van der Waals surface area contributed by atoms with Crippen LogP contribution in [0, 0.1) is 0 Å². The molecule has 0 bridgehead atoms. The van der Waals surface area contributed by atoms with Crippen LogP contribution < -0.4 is 14.8 Å². The summed E-state index contributed by atoms with van der Waals surface area (Å²) in [5.74, 6) is 1.54. The molecule has 1 heterocycles. The Morgan fingerprint density at radius 2 is 1.74 bits per heavy atom. The van der Waals surface area contributed by atoms with E-state index in [0.29, 0.717) is 0 Å². The summed E-state index contributed by atoms with van der Waals surface area (Å²) in [7, 11) is 3.33. The van der Waals surface area contributed by atoms with Crippen LogP contribution in [0.2, 0.25) is 0 Å². The van der Waals surface area contributed by atoms with Gasteiger partial charge in [-0.15, -0.1) is 0 Å². The molecule has 0 atom stereocenters. The molecule has 3 nitrogen and oxygen atoms in total. The maximum Gasteiger partial charge on any atom is 0.161 e. The predicted octanol–water partition coefficient (Wildman–Crippen LogP) is 3.78. The summed E-state index contributed by atoms with van der Waals surface area (Å²) < 4.78 is 10.7. The fourth-order valence-corrected chi connectivity index (χ4v) is 3.21. The van der Waals surface area contributed by atoms with Crippen molar-refractivity contribution in [2.75, 3.05) is 19.5 Å². The normalized spacial score (nSPS) is 12.7. The number of methoxy groups -OCH3 is 2. The average Bonchev–Trinajstić information content (AvgIpc) is 2.64. The molecule has 0 aromatic heterocycles. The second-order valence-corrected chi connectivity index (χ2v) is 5.35. The van der Waals surface area contributed by atoms with Gasteiger partial charge in [0.15, 0.2) is 11.5 Å². The molecule has 4 heteroatoms. The van der Waals surface area contributed by atoms with Gasteiger partial charge in [-0.05, 0) is 29.8 Å². The van der Waals surface area contributed by atoms with Crippen molar-refractivity contribution < 1.29 is 9.47 Å². The lowest BCUT2D eigenvalue weighted by molar-refractivity contribution is 0.353. The summed E-state index contributed by atoms with van der Waals surface area (Å²) in [6.07, 6.45) is 0. The Balaban J connectivity index is 2.07. The van der Waals surface area contributed by atoms with Crippen LogP contribution in [0.25, 0.3) is 0 Å². The molecule has 0 spiro atoms. The number of anilines is 1. The fourth-order valence-electron chi connectivity index (χ4n) is 2.15. The first-order chi connectivity index (χ1) is 9.31. The minimum atomic E-state index is 0.771. The van der Waals surface area contributed by atoms with Gasteiger partial charge < -0.3 is 14.8 Å². The molecule has 0 saturated carbocycles. The Bertz CT molecular complexity index is 613. The quantitative estimate of drug-likeness (QED) is 0.902. The van der Waals surface area contributed by atoms with E-state index in [1.54, 1.807) is 26.0 Å². The average molecular weight is 273 g/mol. The molecule has 0 aliphatic carbocycles. The molecule has 3 rings (SSSR count). The van der Waals surface area contributed by atoms with Crippen molar-refractivity contribution in [1.29, 1.82) is 0 Å². The standard InChI is InChI=1S/C15H15NO2S/c1-17-12-7-10-9-16-11-5-3-4-6-14(11)19-15(10)8-13(12)18-2/h3-8,16H,9H2,1-2H3. The Morgan fingerprint density at radius 1 is 1.00 bits per heavy atom. The molecule has 2 aromatic rings. The van der Waals surface area contributed by atoms with Crippen molar-refractivity contribution in [3.8, 4) is 11.5 Å². The maximum atomic E-state index is 5.37. The van der Waals surface area contributed by atoms with Gasteiger partial charge in [-0.1, -0.05) is 23.9 Å². The molecule has 0 unspecified atom stereocenters. The first kappa shape index (κ1) is 12.2. The molecule has 2 aromatic carbocycles. The van der Waals surface area contributed by atoms with Crippen LogP contribution in [-0.2, 0) is 6.54 Å². The molecule has 0 saturated heterocycles. The second-order valence-electron chi connectivity index (χ2n) is 4.27. The number of para-hydroxylation sites is 1. The summed E-state index contributed by atoms with van der Waals surface area (Å²) in [4.78, 5) is 2.43. The van der Waals surface area contributed by atoms with Gasteiger partial charge in [0, 0.05) is 22.0 Å². The van der Waals surface area contributed by atoms with E-state index < -0.39 is 0 Å². The van der Waals surface area contributed by atoms with Crippen molar-refractivity contribution in [3.63, 3.8) is 0 Å². The lowest BCUT2D eigenvalue weighted by atomic mass is 10.2. The number of ether oxygens (including phenoxy) is 2. The largest absolute Gasteiger partial charge is 0.493 e. The van der Waals surface area contributed by atoms with Gasteiger partial charge in [-0.25, -0.2) is 0 Å². The number of nitrogens with one attached hydrogen (secondary N) is 1. The van der Waals surface area contributed by atoms with Gasteiger partial charge in [0.1, 0.15) is 0 Å². The van der Waals surface area contributed by atoms with Crippen LogP contribution in [0.4, 0.5) is 5.69 Å². The molecule has 1 aliphatic rings. The van der Waals surface area contributed by atoms with E-state index in [1.165, 1.54) is 21.0 Å². The first-order valence-electron chi connectivity index (χ1n) is 6.07. The smallest absolute Gasteiger partial charge is 0.161 e. The van der Waals surface area contributed by atoms with Crippen LogP contribution in [0.15, 0.2) is 46.2 Å². The van der Waals surface area contributed by atoms with E-state index in [1.807, 2.05) is 18.2 Å². The highest BCUT2D eigenvalue weighted by Crippen LogP contribution is 2.42. The van der Waals surface area contributed by atoms with Crippen LogP contribution >= 0.6 is 11.8 Å². The van der Waals surface area contributed by atoms with Crippen molar-refractivity contribution >= 4 is 17.4 Å². The Labute approximate surface area is 116 Å². The molecular formula is C15H15NO2S. The minimum absolute atomic E-state index is 0.771. The highest BCUT2D eigenvalue weighted by Gasteiger charge is 2.16. The summed E-state index contributed by atoms with van der Waals surface area (Å²) >= 11 is 1.75. The Hall–Kier alpha value is -1.81. The van der Waals surface area contributed by atoms with E-state index in [2.05, 4.69) is 23.5 Å². The second kappa shape index (κ2) is 5.05. The predicted molar refractivity (Wildman–Crippen MR) is 77.4 cm³/mol. The maximum absolute atomic E-state index is 5.37. The van der Waals surface area contributed by atoms with Crippen LogP contribution in [0.5, 0.6) is 11.5 Å². The molecule has 0 radical (unpaired) electrons. The zero-order valence-corrected chi connectivity index (χ0v) is 11.7. The first-order valence-corrected chi connectivity index (χ1v) is 6.89. The van der Waals surface area contributed by atoms with Gasteiger partial charge in [0.25, 0.3) is 0 Å². The third-order valence-electron chi connectivity index (χ3n) is 3.14. The monoisotopic (exact) mass is 273 g/mol. The van der Waals surface area contributed by atoms with Crippen LogP contribution in [0.3, 0.4) is 0 Å². The van der Waals surface area contributed by atoms with Gasteiger partial charge >= 0.3 is 0 Å². The van der Waals surface area contributed by atoms with Crippen molar-refractivity contribution in [1.82, 2.24) is 0 Å². The third kappa shape index (κ3) is 2.24. The lowest BCUT2D eigenvalue weighted by Crippen LogP contribution is -2.00. The molecule has 1 N–H and O–H groups in total. The SMILES string of the molecule is COc1cc2c(cc1OC)Sc1ccccc1NC2. The summed E-state index contributed by atoms with van der Waals surface area (Å²) in [6, 6.07) is 12.4. The molecule has 0 amide bonds. The fraction of sp³-hybridized carbons (Fsp3) is 0.200. The zero-order chi connectivity index (χ0) is 13.2. The van der Waals surface area contributed by atoms with Crippen molar-refractivity contribution in [2.24, 2.45) is 0 Å². The Kier molecular flexibility index (Phi) is 3.25. The number of fused-ring (bicyclic) bond motifs is 2. The van der Waals surface area contributed by atoms with Crippen LogP contribution in [0.1, 0.15) is 5.56 Å². The Morgan fingerprint density at radius 3 is 2.53 bits per heavy atom. The highest BCUT2D eigenvalue weighted by atomic mass is 32.2. The van der Waals surface area contributed by atoms with E-state index in [-0.39, 0.29) is 0 Å². The molecular weight excluding hydrogens is 258 g/mol. The topological polar surface area (TPSA) is 30.5 Å². The van der Waals surface area contributed by atoms with Gasteiger partial charge in [-0.2, -0.15) is 0 Å². The van der Waals surface area contributed by atoms with Crippen molar-refractivity contribution in [2.45, 2.75) is 16.3 Å². The molecule has 0 fully saturated rings. The lowest BCUT2D eigenvalue weighted by Gasteiger charge is -2.12. The van der Waals surface area contributed by atoms with E-state index in [4.69, 9.17) is 9.47 Å².